The first-order valence-corrected chi connectivity index (χ1v) is 8.86. The molecule has 1 atom stereocenters. The number of Topliss-reactive ketones (excluding diaryl/α,β-unsaturated/α-hetero) is 1. The molecule has 9 heteroatoms. The van der Waals surface area contributed by atoms with Gasteiger partial charge in [0.25, 0.3) is 0 Å². The minimum Gasteiger partial charge on any atom is -0.358 e. The van der Waals surface area contributed by atoms with Crippen molar-refractivity contribution in [3.63, 3.8) is 0 Å². The second-order valence-electron chi connectivity index (χ2n) is 6.70. The Kier molecular flexibility index (Phi) is 7.24. The maximum absolute atomic E-state index is 14.4. The summed E-state index contributed by atoms with van der Waals surface area (Å²) < 4.78 is 53.3. The summed E-state index contributed by atoms with van der Waals surface area (Å²) in [4.78, 5) is 12.5. The van der Waals surface area contributed by atoms with Crippen LogP contribution in [0.1, 0.15) is 42.0 Å². The lowest BCUT2D eigenvalue weighted by Gasteiger charge is -2.25. The fourth-order valence-electron chi connectivity index (χ4n) is 3.31. The van der Waals surface area contributed by atoms with E-state index in [9.17, 15) is 22.4 Å². The number of carbonyl (C=O) groups excluding carboxylic acids is 1. The molecule has 3 rings (SSSR count). The van der Waals surface area contributed by atoms with Crippen molar-refractivity contribution in [1.29, 1.82) is 5.26 Å². The normalized spacial score (nSPS) is 15.3. The summed E-state index contributed by atoms with van der Waals surface area (Å²) >= 11 is 0. The number of nitrogens with one attached hydrogen (secondary N) is 1. The monoisotopic (exact) mass is 439 g/mol. The molecule has 0 radical (unpaired) electrons. The Morgan fingerprint density at radius 2 is 1.87 bits per heavy atom. The van der Waals surface area contributed by atoms with E-state index >= 15 is 0 Å². The molecule has 1 unspecified atom stereocenters. The van der Waals surface area contributed by atoms with Crippen LogP contribution in [-0.4, -0.2) is 5.78 Å². The molecule has 0 spiro atoms. The number of benzene rings is 2. The van der Waals surface area contributed by atoms with Crippen LogP contribution in [0, 0.1) is 17.1 Å². The lowest BCUT2D eigenvalue weighted by Crippen LogP contribution is -2.27. The molecule has 3 N–H and O–H groups in total. The SMILES string of the molecule is Cl.N#Cc1ccc(C(N)C2=C(Nc3cccc(C(F)(F)F)c3)CCCC2=O)c(F)c1. The van der Waals surface area contributed by atoms with Crippen molar-refractivity contribution in [2.24, 2.45) is 5.73 Å². The van der Waals surface area contributed by atoms with Crippen molar-refractivity contribution >= 4 is 23.9 Å². The van der Waals surface area contributed by atoms with Crippen LogP contribution in [0.15, 0.2) is 53.7 Å². The number of halogens is 5. The molecule has 0 bridgehead atoms. The summed E-state index contributed by atoms with van der Waals surface area (Å²) in [6, 6.07) is 9.08. The number of rotatable bonds is 4. The van der Waals surface area contributed by atoms with E-state index in [1.807, 2.05) is 6.07 Å². The van der Waals surface area contributed by atoms with Crippen LogP contribution in [-0.2, 0) is 11.0 Å². The molecule has 158 valence electrons. The average molecular weight is 440 g/mol. The van der Waals surface area contributed by atoms with Crippen molar-refractivity contribution in [3.05, 3.63) is 76.2 Å². The Labute approximate surface area is 176 Å². The third-order valence-corrected chi connectivity index (χ3v) is 4.72. The number of nitrogens with zero attached hydrogens (tertiary/aromatic N) is 1. The highest BCUT2D eigenvalue weighted by molar-refractivity contribution is 5.98. The van der Waals surface area contributed by atoms with E-state index in [-0.39, 0.29) is 47.0 Å². The molecule has 0 saturated heterocycles. The first-order valence-electron chi connectivity index (χ1n) is 8.86. The highest BCUT2D eigenvalue weighted by Gasteiger charge is 2.31. The van der Waals surface area contributed by atoms with Gasteiger partial charge in [0.1, 0.15) is 5.82 Å². The maximum Gasteiger partial charge on any atom is 0.416 e. The molecular formula is C21H18ClF4N3O. The summed E-state index contributed by atoms with van der Waals surface area (Å²) in [7, 11) is 0. The molecule has 30 heavy (non-hydrogen) atoms. The molecule has 4 nitrogen and oxygen atoms in total. The van der Waals surface area contributed by atoms with Crippen LogP contribution in [0.4, 0.5) is 23.2 Å². The van der Waals surface area contributed by atoms with Crippen LogP contribution in [0.3, 0.4) is 0 Å². The molecule has 2 aromatic carbocycles. The quantitative estimate of drug-likeness (QED) is 0.637. The number of ketones is 1. The smallest absolute Gasteiger partial charge is 0.358 e. The summed E-state index contributed by atoms with van der Waals surface area (Å²) in [5.74, 6) is -1.01. The molecule has 0 fully saturated rings. The largest absolute Gasteiger partial charge is 0.416 e. The van der Waals surface area contributed by atoms with Crippen LogP contribution in [0.2, 0.25) is 0 Å². The van der Waals surface area contributed by atoms with Crippen LogP contribution >= 0.6 is 12.4 Å². The second kappa shape index (κ2) is 9.28. The fraction of sp³-hybridized carbons (Fsp3) is 0.238. The van der Waals surface area contributed by atoms with Gasteiger partial charge in [0.2, 0.25) is 0 Å². The zero-order valence-electron chi connectivity index (χ0n) is 15.6. The first kappa shape index (κ1) is 23.4. The Morgan fingerprint density at radius 3 is 2.50 bits per heavy atom. The molecule has 0 aromatic heterocycles. The molecule has 0 heterocycles. The third-order valence-electron chi connectivity index (χ3n) is 4.72. The molecule has 0 aliphatic heterocycles. The van der Waals surface area contributed by atoms with E-state index in [1.54, 1.807) is 0 Å². The summed E-state index contributed by atoms with van der Waals surface area (Å²) in [5.41, 5.74) is 6.17. The number of hydrogen-bond acceptors (Lipinski definition) is 4. The van der Waals surface area contributed by atoms with Gasteiger partial charge in [-0.3, -0.25) is 4.79 Å². The minimum atomic E-state index is -4.50. The van der Waals surface area contributed by atoms with E-state index in [2.05, 4.69) is 5.32 Å². The Balaban J connectivity index is 0.00000320. The van der Waals surface area contributed by atoms with Gasteiger partial charge in [-0.15, -0.1) is 12.4 Å². The van der Waals surface area contributed by atoms with E-state index in [0.29, 0.717) is 18.5 Å². The average Bonchev–Trinajstić information content (AvgIpc) is 2.67. The van der Waals surface area contributed by atoms with Gasteiger partial charge in [0, 0.05) is 28.9 Å². The van der Waals surface area contributed by atoms with Gasteiger partial charge in [0.05, 0.1) is 23.2 Å². The summed E-state index contributed by atoms with van der Waals surface area (Å²) in [6.07, 6.45) is -3.39. The van der Waals surface area contributed by atoms with Crippen molar-refractivity contribution in [2.75, 3.05) is 5.32 Å². The number of anilines is 1. The van der Waals surface area contributed by atoms with Gasteiger partial charge >= 0.3 is 6.18 Å². The molecule has 0 saturated carbocycles. The third kappa shape index (κ3) is 4.99. The standard InChI is InChI=1S/C21H17F4N3O.ClH/c22-16-9-12(11-26)7-8-15(16)20(27)19-17(5-2-6-18(19)29)28-14-4-1-3-13(10-14)21(23,24)25;/h1,3-4,7-10,20,28H,2,5-6,27H2;1H. The molecule has 1 aliphatic rings. The van der Waals surface area contributed by atoms with Gasteiger partial charge in [-0.2, -0.15) is 18.4 Å². The van der Waals surface area contributed by atoms with Crippen molar-refractivity contribution in [3.8, 4) is 6.07 Å². The van der Waals surface area contributed by atoms with Crippen molar-refractivity contribution in [1.82, 2.24) is 0 Å². The zero-order chi connectivity index (χ0) is 21.2. The topological polar surface area (TPSA) is 78.9 Å². The zero-order valence-corrected chi connectivity index (χ0v) is 16.4. The molecule has 2 aromatic rings. The van der Waals surface area contributed by atoms with E-state index < -0.39 is 23.6 Å². The Hall–Kier alpha value is -2.89. The van der Waals surface area contributed by atoms with Crippen LogP contribution in [0.25, 0.3) is 0 Å². The van der Waals surface area contributed by atoms with Crippen molar-refractivity contribution in [2.45, 2.75) is 31.5 Å². The number of allylic oxidation sites excluding steroid dienone is 1. The number of carbonyl (C=O) groups is 1. The molecule has 1 aliphatic carbocycles. The number of nitrogens with two attached hydrogens (primary N) is 1. The second-order valence-corrected chi connectivity index (χ2v) is 6.70. The van der Waals surface area contributed by atoms with E-state index in [0.717, 1.165) is 18.2 Å². The van der Waals surface area contributed by atoms with Crippen LogP contribution < -0.4 is 11.1 Å². The van der Waals surface area contributed by atoms with Gasteiger partial charge in [-0.25, -0.2) is 4.39 Å². The van der Waals surface area contributed by atoms with Gasteiger partial charge in [-0.1, -0.05) is 12.1 Å². The van der Waals surface area contributed by atoms with Crippen molar-refractivity contribution < 1.29 is 22.4 Å². The highest BCUT2D eigenvalue weighted by Crippen LogP contribution is 2.34. The number of nitriles is 1. The summed E-state index contributed by atoms with van der Waals surface area (Å²) in [5, 5.41) is 11.7. The predicted molar refractivity (Wildman–Crippen MR) is 106 cm³/mol. The lowest BCUT2D eigenvalue weighted by molar-refractivity contribution is -0.137. The van der Waals surface area contributed by atoms with Gasteiger partial charge in [0.15, 0.2) is 5.78 Å². The summed E-state index contributed by atoms with van der Waals surface area (Å²) in [6.45, 7) is 0. The first-order chi connectivity index (χ1) is 13.7. The van der Waals surface area contributed by atoms with Gasteiger partial charge < -0.3 is 11.1 Å². The van der Waals surface area contributed by atoms with E-state index in [4.69, 9.17) is 11.0 Å². The lowest BCUT2D eigenvalue weighted by atomic mass is 9.86. The fourth-order valence-corrected chi connectivity index (χ4v) is 3.31. The van der Waals surface area contributed by atoms with E-state index in [1.165, 1.54) is 24.3 Å². The Morgan fingerprint density at radius 1 is 1.13 bits per heavy atom. The van der Waals surface area contributed by atoms with Gasteiger partial charge in [-0.05, 0) is 43.2 Å². The van der Waals surface area contributed by atoms with Crippen LogP contribution in [0.5, 0.6) is 0 Å². The minimum absolute atomic E-state index is 0. The predicted octanol–water partition coefficient (Wildman–Crippen LogP) is 5.26. The Bertz CT molecular complexity index is 1030. The number of alkyl halides is 3. The molecular weight excluding hydrogens is 422 g/mol. The highest BCUT2D eigenvalue weighted by atomic mass is 35.5. The maximum atomic E-state index is 14.4. The molecule has 0 amide bonds. The number of hydrogen-bond donors (Lipinski definition) is 2.